The van der Waals surface area contributed by atoms with Crippen molar-refractivity contribution in [2.45, 2.75) is 9.79 Å². The number of rotatable bonds is 5. The van der Waals surface area contributed by atoms with E-state index < -0.39 is 64.8 Å². The van der Waals surface area contributed by atoms with Crippen molar-refractivity contribution >= 4 is 55.2 Å². The first-order valence-electron chi connectivity index (χ1n) is 12.0. The molecule has 2 heterocycles. The molecule has 2 aliphatic rings. The van der Waals surface area contributed by atoms with E-state index in [1.807, 2.05) is 0 Å². The van der Waals surface area contributed by atoms with Crippen molar-refractivity contribution in [3.8, 4) is 11.1 Å². The van der Waals surface area contributed by atoms with Crippen molar-refractivity contribution in [2.75, 3.05) is 9.80 Å². The van der Waals surface area contributed by atoms with Gasteiger partial charge in [0.15, 0.2) is 0 Å². The van der Waals surface area contributed by atoms with Crippen LogP contribution in [0.4, 0.5) is 11.4 Å². The van der Waals surface area contributed by atoms with E-state index in [9.17, 15) is 45.1 Å². The van der Waals surface area contributed by atoms with Crippen LogP contribution in [0, 0.1) is 0 Å². The first kappa shape index (κ1) is 27.2. The second-order valence-electron chi connectivity index (χ2n) is 9.29. The molecule has 0 atom stereocenters. The number of carbonyl (C=O) groups excluding carboxylic acids is 4. The molecular formula is C28H16N2O10S2. The van der Waals surface area contributed by atoms with E-state index in [1.54, 1.807) is 24.3 Å². The molecule has 0 bridgehead atoms. The summed E-state index contributed by atoms with van der Waals surface area (Å²) in [5, 5.41) is 0. The van der Waals surface area contributed by atoms with Crippen LogP contribution in [0.15, 0.2) is 94.7 Å². The summed E-state index contributed by atoms with van der Waals surface area (Å²) >= 11 is 0. The minimum Gasteiger partial charge on any atom is -0.282 e. The Balaban J connectivity index is 1.49. The molecule has 2 aliphatic heterocycles. The summed E-state index contributed by atoms with van der Waals surface area (Å²) < 4.78 is 70.1. The maximum absolute atomic E-state index is 12.9. The Hall–Kier alpha value is -5.02. The summed E-state index contributed by atoms with van der Waals surface area (Å²) in [4.78, 5) is 51.4. The molecule has 0 radical (unpaired) electrons. The monoisotopic (exact) mass is 604 g/mol. The molecule has 4 aromatic carbocycles. The highest BCUT2D eigenvalue weighted by Gasteiger charge is 2.39. The number of hydrogen-bond acceptors (Lipinski definition) is 8. The normalized spacial score (nSPS) is 14.9. The number of anilines is 2. The maximum atomic E-state index is 12.9. The SMILES string of the molecule is O=C1c2ccccc2C(=O)N1c1ccc(-c2ccc(N3C(=O)c4ccccc4C3=O)cc2S(=O)(=O)O)c(S(=O)(=O)O)c1. The lowest BCUT2D eigenvalue weighted by atomic mass is 10.0. The third-order valence-electron chi connectivity index (χ3n) is 6.88. The smallest absolute Gasteiger partial charge is 0.282 e. The molecule has 4 aromatic rings. The fraction of sp³-hybridized carbons (Fsp3) is 0. The molecular weight excluding hydrogens is 588 g/mol. The zero-order valence-electron chi connectivity index (χ0n) is 21.0. The van der Waals surface area contributed by atoms with Crippen LogP contribution in [0.1, 0.15) is 41.4 Å². The van der Waals surface area contributed by atoms with Gasteiger partial charge in [-0.1, -0.05) is 36.4 Å². The van der Waals surface area contributed by atoms with Crippen LogP contribution in [-0.2, 0) is 20.2 Å². The summed E-state index contributed by atoms with van der Waals surface area (Å²) in [6, 6.07) is 17.9. The zero-order valence-corrected chi connectivity index (χ0v) is 22.6. The van der Waals surface area contributed by atoms with Crippen LogP contribution in [0.25, 0.3) is 11.1 Å². The Morgan fingerprint density at radius 3 is 0.976 bits per heavy atom. The Morgan fingerprint density at radius 2 is 0.714 bits per heavy atom. The van der Waals surface area contributed by atoms with Gasteiger partial charge in [0.05, 0.1) is 33.6 Å². The molecule has 210 valence electrons. The average Bonchev–Trinajstić information content (AvgIpc) is 3.36. The molecule has 0 saturated carbocycles. The van der Waals surface area contributed by atoms with Crippen molar-refractivity contribution in [3.05, 3.63) is 107 Å². The number of imide groups is 2. The predicted octanol–water partition coefficient (Wildman–Crippen LogP) is 3.45. The number of amides is 4. The van der Waals surface area contributed by atoms with E-state index in [1.165, 1.54) is 24.3 Å². The van der Waals surface area contributed by atoms with Crippen LogP contribution in [0.3, 0.4) is 0 Å². The van der Waals surface area contributed by atoms with E-state index in [2.05, 4.69) is 0 Å². The highest BCUT2D eigenvalue weighted by Crippen LogP contribution is 2.39. The van der Waals surface area contributed by atoms with Crippen molar-refractivity contribution in [3.63, 3.8) is 0 Å². The lowest BCUT2D eigenvalue weighted by Crippen LogP contribution is -2.29. The van der Waals surface area contributed by atoms with Crippen molar-refractivity contribution < 1.29 is 45.1 Å². The standard InChI is InChI=1S/C28H16N2O10S2/c31-25-19-5-1-2-6-20(19)26(32)29(25)15-9-11-17(23(13-15)41(35,36)37)18-12-10-16(14-24(18)42(38,39)40)30-27(33)21-7-3-4-8-22(21)28(30)34/h1-14H,(H,35,36,37)(H,38,39,40). The number of carbonyl (C=O) groups is 4. The minimum absolute atomic E-state index is 0.0809. The van der Waals surface area contributed by atoms with E-state index in [0.29, 0.717) is 9.80 Å². The molecule has 2 N–H and O–H groups in total. The Bertz CT molecular complexity index is 1920. The third-order valence-corrected chi connectivity index (χ3v) is 8.67. The van der Waals surface area contributed by atoms with Gasteiger partial charge in [0.25, 0.3) is 43.9 Å². The van der Waals surface area contributed by atoms with Gasteiger partial charge < -0.3 is 0 Å². The first-order chi connectivity index (χ1) is 19.8. The van der Waals surface area contributed by atoms with Gasteiger partial charge in [-0.3, -0.25) is 28.3 Å². The van der Waals surface area contributed by atoms with Gasteiger partial charge in [0, 0.05) is 11.1 Å². The molecule has 0 aliphatic carbocycles. The number of fused-ring (bicyclic) bond motifs is 2. The molecule has 0 fully saturated rings. The molecule has 4 amide bonds. The predicted molar refractivity (Wildman–Crippen MR) is 147 cm³/mol. The van der Waals surface area contributed by atoms with E-state index in [4.69, 9.17) is 0 Å². The lowest BCUT2D eigenvalue weighted by molar-refractivity contribution is 0.0910. The molecule has 0 spiro atoms. The lowest BCUT2D eigenvalue weighted by Gasteiger charge is -2.19. The Kier molecular flexibility index (Phi) is 5.98. The van der Waals surface area contributed by atoms with Crippen molar-refractivity contribution in [2.24, 2.45) is 0 Å². The fourth-order valence-corrected chi connectivity index (χ4v) is 6.47. The maximum Gasteiger partial charge on any atom is 0.295 e. The molecule has 0 saturated heterocycles. The zero-order chi connectivity index (χ0) is 30.1. The van der Waals surface area contributed by atoms with Crippen LogP contribution >= 0.6 is 0 Å². The summed E-state index contributed by atoms with van der Waals surface area (Å²) in [6.45, 7) is 0. The fourth-order valence-electron chi connectivity index (χ4n) is 5.02. The van der Waals surface area contributed by atoms with Gasteiger partial charge in [-0.15, -0.1) is 0 Å². The molecule has 14 heteroatoms. The minimum atomic E-state index is -5.12. The number of hydrogen-bond donors (Lipinski definition) is 2. The molecule has 6 rings (SSSR count). The molecule has 0 aromatic heterocycles. The largest absolute Gasteiger partial charge is 0.295 e. The van der Waals surface area contributed by atoms with Crippen LogP contribution in [0.5, 0.6) is 0 Å². The van der Waals surface area contributed by atoms with Gasteiger partial charge in [-0.25, -0.2) is 9.80 Å². The van der Waals surface area contributed by atoms with Gasteiger partial charge in [0.2, 0.25) is 0 Å². The van der Waals surface area contributed by atoms with Crippen LogP contribution in [0.2, 0.25) is 0 Å². The third kappa shape index (κ3) is 4.12. The Morgan fingerprint density at radius 1 is 0.429 bits per heavy atom. The summed E-state index contributed by atoms with van der Waals surface area (Å²) in [5.41, 5.74) is -0.967. The highest BCUT2D eigenvalue weighted by molar-refractivity contribution is 7.86. The van der Waals surface area contributed by atoms with E-state index in [0.717, 1.165) is 36.4 Å². The Labute approximate surface area is 237 Å². The number of nitrogens with zero attached hydrogens (tertiary/aromatic N) is 2. The summed E-state index contributed by atoms with van der Waals surface area (Å²) in [6.07, 6.45) is 0. The van der Waals surface area contributed by atoms with Gasteiger partial charge in [-0.2, -0.15) is 16.8 Å². The molecule has 42 heavy (non-hydrogen) atoms. The van der Waals surface area contributed by atoms with Crippen LogP contribution < -0.4 is 9.80 Å². The van der Waals surface area contributed by atoms with Crippen molar-refractivity contribution in [1.82, 2.24) is 0 Å². The summed E-state index contributed by atoms with van der Waals surface area (Å²) in [5.74, 6) is -2.97. The highest BCUT2D eigenvalue weighted by atomic mass is 32.2. The first-order valence-corrected chi connectivity index (χ1v) is 14.9. The second-order valence-corrected chi connectivity index (χ2v) is 12.1. The average molecular weight is 605 g/mol. The topological polar surface area (TPSA) is 183 Å². The molecule has 12 nitrogen and oxygen atoms in total. The van der Waals surface area contributed by atoms with Crippen LogP contribution in [-0.4, -0.2) is 49.6 Å². The van der Waals surface area contributed by atoms with Gasteiger partial charge in [0.1, 0.15) is 9.79 Å². The second kappa shape index (κ2) is 9.25. The van der Waals surface area contributed by atoms with Crippen molar-refractivity contribution in [1.29, 1.82) is 0 Å². The summed E-state index contributed by atoms with van der Waals surface area (Å²) in [7, 11) is -10.2. The van der Waals surface area contributed by atoms with Gasteiger partial charge in [-0.05, 0) is 48.5 Å². The van der Waals surface area contributed by atoms with E-state index in [-0.39, 0.29) is 33.6 Å². The van der Waals surface area contributed by atoms with E-state index >= 15 is 0 Å². The van der Waals surface area contributed by atoms with Gasteiger partial charge >= 0.3 is 0 Å². The molecule has 0 unspecified atom stereocenters. The number of benzene rings is 4. The quantitative estimate of drug-likeness (QED) is 0.253.